The molecule has 0 saturated heterocycles. The quantitative estimate of drug-likeness (QED) is 0.750. The van der Waals surface area contributed by atoms with Crippen LogP contribution in [0.1, 0.15) is 43.5 Å². The lowest BCUT2D eigenvalue weighted by Crippen LogP contribution is -2.35. The molecule has 0 bridgehead atoms. The van der Waals surface area contributed by atoms with Crippen LogP contribution in [0.3, 0.4) is 0 Å². The Labute approximate surface area is 81.8 Å². The van der Waals surface area contributed by atoms with E-state index in [0.717, 1.165) is 24.3 Å². The van der Waals surface area contributed by atoms with Gasteiger partial charge in [-0.25, -0.2) is 0 Å². The van der Waals surface area contributed by atoms with Crippen molar-refractivity contribution in [3.63, 3.8) is 0 Å². The van der Waals surface area contributed by atoms with Gasteiger partial charge in [0.2, 0.25) is 0 Å². The van der Waals surface area contributed by atoms with Crippen LogP contribution in [-0.2, 0) is 0 Å². The van der Waals surface area contributed by atoms with Gasteiger partial charge in [0.05, 0.1) is 5.60 Å². The Morgan fingerprint density at radius 2 is 2.46 bits per heavy atom. The van der Waals surface area contributed by atoms with Crippen molar-refractivity contribution in [1.29, 1.82) is 0 Å². The lowest BCUT2D eigenvalue weighted by Gasteiger charge is -2.35. The average molecular weight is 198 g/mol. The molecule has 1 heterocycles. The summed E-state index contributed by atoms with van der Waals surface area (Å²) in [6.07, 6.45) is 4.25. The first kappa shape index (κ1) is 9.09. The van der Waals surface area contributed by atoms with Gasteiger partial charge in [0, 0.05) is 5.92 Å². The number of aliphatic hydroxyl groups is 1. The Balaban J connectivity index is 2.21. The second kappa shape index (κ2) is 3.35. The summed E-state index contributed by atoms with van der Waals surface area (Å²) in [5, 5.41) is 19.0. The maximum atomic E-state index is 10.1. The van der Waals surface area contributed by atoms with Crippen molar-refractivity contribution in [2.75, 3.05) is 0 Å². The molecule has 0 spiro atoms. The van der Waals surface area contributed by atoms with Crippen LogP contribution in [0, 0.1) is 0 Å². The second-order valence-electron chi connectivity index (χ2n) is 3.93. The molecule has 1 aliphatic carbocycles. The highest BCUT2D eigenvalue weighted by Crippen LogP contribution is 2.40. The van der Waals surface area contributed by atoms with Crippen molar-refractivity contribution in [2.45, 2.75) is 44.1 Å². The molecule has 2 atom stereocenters. The predicted octanol–water partition coefficient (Wildman–Crippen LogP) is 1.95. The molecule has 2 rings (SSSR count). The highest BCUT2D eigenvalue weighted by molar-refractivity contribution is 7.09. The Morgan fingerprint density at radius 3 is 3.08 bits per heavy atom. The molecule has 0 amide bonds. The molecule has 1 N–H and O–H groups in total. The van der Waals surface area contributed by atoms with Crippen LogP contribution in [0.5, 0.6) is 0 Å². The number of hydrogen-bond donors (Lipinski definition) is 1. The van der Waals surface area contributed by atoms with E-state index in [9.17, 15) is 5.11 Å². The van der Waals surface area contributed by atoms with E-state index in [2.05, 4.69) is 10.2 Å². The Kier molecular flexibility index (Phi) is 2.34. The number of rotatable bonds is 1. The number of hydrogen-bond acceptors (Lipinski definition) is 4. The maximum Gasteiger partial charge on any atom is 0.123 e. The molecule has 1 aromatic heterocycles. The van der Waals surface area contributed by atoms with E-state index in [0.29, 0.717) is 0 Å². The lowest BCUT2D eigenvalue weighted by molar-refractivity contribution is 0.000407. The van der Waals surface area contributed by atoms with E-state index in [1.807, 2.05) is 6.92 Å². The molecular weight excluding hydrogens is 184 g/mol. The zero-order valence-corrected chi connectivity index (χ0v) is 8.55. The zero-order valence-electron chi connectivity index (χ0n) is 7.73. The minimum atomic E-state index is -0.572. The second-order valence-corrected chi connectivity index (χ2v) is 4.80. The normalized spacial score (nSPS) is 34.8. The van der Waals surface area contributed by atoms with Gasteiger partial charge in [-0.05, 0) is 19.8 Å². The minimum absolute atomic E-state index is 0.203. The van der Waals surface area contributed by atoms with Gasteiger partial charge in [0.15, 0.2) is 0 Å². The summed E-state index contributed by atoms with van der Waals surface area (Å²) in [6.45, 7) is 1.91. The minimum Gasteiger partial charge on any atom is -0.389 e. The van der Waals surface area contributed by atoms with Crippen molar-refractivity contribution in [3.8, 4) is 0 Å². The van der Waals surface area contributed by atoms with Gasteiger partial charge in [-0.2, -0.15) is 0 Å². The molecular formula is C9H14N2OS. The molecule has 2 unspecified atom stereocenters. The molecule has 1 aliphatic rings. The van der Waals surface area contributed by atoms with Crippen LogP contribution in [0.25, 0.3) is 0 Å². The van der Waals surface area contributed by atoms with Gasteiger partial charge >= 0.3 is 0 Å². The van der Waals surface area contributed by atoms with Crippen LogP contribution < -0.4 is 0 Å². The summed E-state index contributed by atoms with van der Waals surface area (Å²) in [5.41, 5.74) is 1.16. The molecule has 4 heteroatoms. The topological polar surface area (TPSA) is 46.0 Å². The van der Waals surface area contributed by atoms with Gasteiger partial charge in [0.1, 0.15) is 10.5 Å². The summed E-state index contributed by atoms with van der Waals surface area (Å²) in [6, 6.07) is 0. The van der Waals surface area contributed by atoms with E-state index in [1.54, 1.807) is 16.8 Å². The van der Waals surface area contributed by atoms with Gasteiger partial charge in [-0.3, -0.25) is 0 Å². The number of nitrogens with zero attached hydrogens (tertiary/aromatic N) is 2. The van der Waals surface area contributed by atoms with Crippen molar-refractivity contribution in [2.24, 2.45) is 0 Å². The zero-order chi connectivity index (χ0) is 9.31. The number of aromatic nitrogens is 2. The highest BCUT2D eigenvalue weighted by Gasteiger charge is 2.37. The first-order chi connectivity index (χ1) is 6.20. The van der Waals surface area contributed by atoms with Crippen molar-refractivity contribution >= 4 is 11.3 Å². The molecule has 0 aliphatic heterocycles. The first-order valence-electron chi connectivity index (χ1n) is 4.68. The SMILES string of the molecule is CC1(O)CCCCC1c1nncs1. The van der Waals surface area contributed by atoms with Crippen LogP contribution in [0.4, 0.5) is 0 Å². The van der Waals surface area contributed by atoms with Crippen LogP contribution in [0.2, 0.25) is 0 Å². The molecule has 3 nitrogen and oxygen atoms in total. The van der Waals surface area contributed by atoms with Crippen LogP contribution in [-0.4, -0.2) is 20.9 Å². The maximum absolute atomic E-state index is 10.1. The lowest BCUT2D eigenvalue weighted by atomic mass is 9.77. The molecule has 0 radical (unpaired) electrons. The molecule has 72 valence electrons. The van der Waals surface area contributed by atoms with Gasteiger partial charge in [-0.1, -0.05) is 12.8 Å². The summed E-state index contributed by atoms with van der Waals surface area (Å²) < 4.78 is 0. The Morgan fingerprint density at radius 1 is 1.62 bits per heavy atom. The summed E-state index contributed by atoms with van der Waals surface area (Å²) in [4.78, 5) is 0. The van der Waals surface area contributed by atoms with Crippen LogP contribution >= 0.6 is 11.3 Å². The van der Waals surface area contributed by atoms with E-state index in [4.69, 9.17) is 0 Å². The molecule has 1 saturated carbocycles. The van der Waals surface area contributed by atoms with E-state index in [1.165, 1.54) is 6.42 Å². The standard InChI is InChI=1S/C9H14N2OS/c1-9(12)5-3-2-4-7(9)8-11-10-6-13-8/h6-7,12H,2-5H2,1H3. The average Bonchev–Trinajstić information content (AvgIpc) is 2.55. The predicted molar refractivity (Wildman–Crippen MR) is 51.7 cm³/mol. The van der Waals surface area contributed by atoms with E-state index < -0.39 is 5.60 Å². The molecule has 1 aromatic rings. The smallest absolute Gasteiger partial charge is 0.123 e. The largest absolute Gasteiger partial charge is 0.389 e. The molecule has 1 fully saturated rings. The van der Waals surface area contributed by atoms with Gasteiger partial charge < -0.3 is 5.11 Å². The van der Waals surface area contributed by atoms with Crippen molar-refractivity contribution in [1.82, 2.24) is 10.2 Å². The summed E-state index contributed by atoms with van der Waals surface area (Å²) >= 11 is 1.55. The van der Waals surface area contributed by atoms with Gasteiger partial charge in [0.25, 0.3) is 0 Å². The van der Waals surface area contributed by atoms with Crippen molar-refractivity contribution < 1.29 is 5.11 Å². The third kappa shape index (κ3) is 1.74. The Hall–Kier alpha value is -0.480. The van der Waals surface area contributed by atoms with Gasteiger partial charge in [-0.15, -0.1) is 21.5 Å². The van der Waals surface area contributed by atoms with E-state index >= 15 is 0 Å². The molecule has 0 aromatic carbocycles. The monoisotopic (exact) mass is 198 g/mol. The van der Waals surface area contributed by atoms with Crippen LogP contribution in [0.15, 0.2) is 5.51 Å². The Bertz CT molecular complexity index is 271. The third-order valence-corrected chi connectivity index (χ3v) is 3.66. The molecule has 13 heavy (non-hydrogen) atoms. The fourth-order valence-corrected chi connectivity index (χ4v) is 2.87. The van der Waals surface area contributed by atoms with Crippen molar-refractivity contribution in [3.05, 3.63) is 10.5 Å². The summed E-state index contributed by atoms with van der Waals surface area (Å²) in [5.74, 6) is 0.203. The first-order valence-corrected chi connectivity index (χ1v) is 5.56. The fraction of sp³-hybridized carbons (Fsp3) is 0.778. The third-order valence-electron chi connectivity index (χ3n) is 2.85. The fourth-order valence-electron chi connectivity index (χ4n) is 2.04. The van der Waals surface area contributed by atoms with E-state index in [-0.39, 0.29) is 5.92 Å². The highest BCUT2D eigenvalue weighted by atomic mass is 32.1. The summed E-state index contributed by atoms with van der Waals surface area (Å²) in [7, 11) is 0.